The Labute approximate surface area is 146 Å². The third-order valence-electron chi connectivity index (χ3n) is 3.76. The Morgan fingerprint density at radius 2 is 1.96 bits per heavy atom. The number of thioether (sulfide) groups is 1. The highest BCUT2D eigenvalue weighted by Crippen LogP contribution is 2.22. The summed E-state index contributed by atoms with van der Waals surface area (Å²) >= 11 is 7.48. The molecule has 4 rings (SSSR count). The summed E-state index contributed by atoms with van der Waals surface area (Å²) < 4.78 is 3.48. The molecular formula is C17H13ClN4OS. The monoisotopic (exact) mass is 356 g/mol. The van der Waals surface area contributed by atoms with E-state index in [9.17, 15) is 4.79 Å². The number of fused-ring (bicyclic) bond motifs is 2. The summed E-state index contributed by atoms with van der Waals surface area (Å²) in [7, 11) is 1.74. The van der Waals surface area contributed by atoms with Gasteiger partial charge in [-0.15, -0.1) is 0 Å². The van der Waals surface area contributed by atoms with Crippen LogP contribution in [0.3, 0.4) is 0 Å². The van der Waals surface area contributed by atoms with Crippen molar-refractivity contribution in [1.82, 2.24) is 18.9 Å². The van der Waals surface area contributed by atoms with Gasteiger partial charge in [0.05, 0.1) is 21.6 Å². The van der Waals surface area contributed by atoms with E-state index in [0.29, 0.717) is 26.8 Å². The quantitative estimate of drug-likeness (QED) is 0.416. The number of benzene rings is 1. The average Bonchev–Trinajstić information content (AvgIpc) is 2.99. The van der Waals surface area contributed by atoms with Crippen LogP contribution < -0.4 is 5.56 Å². The third kappa shape index (κ3) is 2.68. The van der Waals surface area contributed by atoms with E-state index in [1.165, 1.54) is 11.8 Å². The third-order valence-corrected chi connectivity index (χ3v) is 5.04. The van der Waals surface area contributed by atoms with E-state index in [1.54, 1.807) is 17.7 Å². The molecule has 0 aliphatic heterocycles. The molecule has 0 atom stereocenters. The predicted molar refractivity (Wildman–Crippen MR) is 96.7 cm³/mol. The normalized spacial score (nSPS) is 11.4. The van der Waals surface area contributed by atoms with Gasteiger partial charge in [0.25, 0.3) is 5.56 Å². The molecule has 0 bridgehead atoms. The van der Waals surface area contributed by atoms with Crippen LogP contribution in [0.2, 0.25) is 5.02 Å². The van der Waals surface area contributed by atoms with E-state index in [2.05, 4.69) is 9.97 Å². The van der Waals surface area contributed by atoms with Crippen LogP contribution >= 0.6 is 23.4 Å². The molecule has 0 N–H and O–H groups in total. The molecule has 0 radical (unpaired) electrons. The first-order chi connectivity index (χ1) is 11.6. The fourth-order valence-corrected chi connectivity index (χ4v) is 3.58. The number of aromatic nitrogens is 4. The first-order valence-corrected chi connectivity index (χ1v) is 8.70. The molecule has 0 aliphatic carbocycles. The van der Waals surface area contributed by atoms with Gasteiger partial charge in [0.2, 0.25) is 0 Å². The lowest BCUT2D eigenvalue weighted by Crippen LogP contribution is -2.19. The zero-order valence-electron chi connectivity index (χ0n) is 12.8. The molecule has 0 unspecified atom stereocenters. The van der Waals surface area contributed by atoms with Gasteiger partial charge in [-0.2, -0.15) is 0 Å². The van der Waals surface area contributed by atoms with Gasteiger partial charge >= 0.3 is 0 Å². The molecule has 0 spiro atoms. The zero-order valence-corrected chi connectivity index (χ0v) is 14.4. The minimum Gasteiger partial charge on any atom is -0.305 e. The fourth-order valence-electron chi connectivity index (χ4n) is 2.55. The number of rotatable bonds is 3. The highest BCUT2D eigenvalue weighted by atomic mass is 35.5. The first kappa shape index (κ1) is 15.2. The van der Waals surface area contributed by atoms with Crippen molar-refractivity contribution in [2.75, 3.05) is 0 Å². The maximum absolute atomic E-state index is 12.4. The van der Waals surface area contributed by atoms with Crippen molar-refractivity contribution in [1.29, 1.82) is 0 Å². The summed E-state index contributed by atoms with van der Waals surface area (Å²) in [5.41, 5.74) is 2.43. The Morgan fingerprint density at radius 1 is 1.12 bits per heavy atom. The van der Waals surface area contributed by atoms with Crippen molar-refractivity contribution in [2.45, 2.75) is 10.9 Å². The highest BCUT2D eigenvalue weighted by molar-refractivity contribution is 7.98. The Balaban J connectivity index is 1.66. The van der Waals surface area contributed by atoms with Crippen molar-refractivity contribution in [3.8, 4) is 0 Å². The lowest BCUT2D eigenvalue weighted by molar-refractivity contribution is 0.726. The van der Waals surface area contributed by atoms with E-state index in [4.69, 9.17) is 11.6 Å². The number of pyridine rings is 1. The van der Waals surface area contributed by atoms with Gasteiger partial charge in [-0.3, -0.25) is 9.36 Å². The number of halogens is 1. The largest absolute Gasteiger partial charge is 0.305 e. The topological polar surface area (TPSA) is 52.2 Å². The van der Waals surface area contributed by atoms with Gasteiger partial charge in [-0.25, -0.2) is 9.97 Å². The fraction of sp³-hybridized carbons (Fsp3) is 0.118. The predicted octanol–water partition coefficient (Wildman–Crippen LogP) is 3.53. The number of para-hydroxylation sites is 1. The second-order valence-electron chi connectivity index (χ2n) is 5.41. The van der Waals surface area contributed by atoms with Crippen molar-refractivity contribution in [3.63, 3.8) is 0 Å². The van der Waals surface area contributed by atoms with E-state index < -0.39 is 0 Å². The van der Waals surface area contributed by atoms with Crippen LogP contribution in [0.15, 0.2) is 58.7 Å². The van der Waals surface area contributed by atoms with Gasteiger partial charge in [-0.1, -0.05) is 35.5 Å². The SMILES string of the molecule is Cn1c(SCc2cn3cc(Cl)ccc3n2)nc2ccccc2c1=O. The molecular weight excluding hydrogens is 344 g/mol. The van der Waals surface area contributed by atoms with Crippen LogP contribution in [-0.4, -0.2) is 18.9 Å². The number of imidazole rings is 1. The molecule has 3 aromatic heterocycles. The van der Waals surface area contributed by atoms with Gasteiger partial charge in [0.1, 0.15) is 5.65 Å². The van der Waals surface area contributed by atoms with Crippen LogP contribution in [0.5, 0.6) is 0 Å². The summed E-state index contributed by atoms with van der Waals surface area (Å²) in [5.74, 6) is 0.623. The van der Waals surface area contributed by atoms with Crippen LogP contribution in [-0.2, 0) is 12.8 Å². The van der Waals surface area contributed by atoms with Crippen LogP contribution in [0.4, 0.5) is 0 Å². The molecule has 1 aromatic carbocycles. The number of nitrogens with zero attached hydrogens (tertiary/aromatic N) is 4. The summed E-state index contributed by atoms with van der Waals surface area (Å²) in [4.78, 5) is 21.6. The molecule has 0 saturated heterocycles. The minimum atomic E-state index is -0.0371. The maximum Gasteiger partial charge on any atom is 0.261 e. The molecule has 5 nitrogen and oxygen atoms in total. The summed E-state index contributed by atoms with van der Waals surface area (Å²) in [6.45, 7) is 0. The van der Waals surface area contributed by atoms with Gasteiger partial charge in [0, 0.05) is 25.2 Å². The Kier molecular flexibility index (Phi) is 3.78. The number of hydrogen-bond acceptors (Lipinski definition) is 4. The molecule has 0 amide bonds. The molecule has 0 fully saturated rings. The Morgan fingerprint density at radius 3 is 2.83 bits per heavy atom. The van der Waals surface area contributed by atoms with Gasteiger partial charge in [0.15, 0.2) is 5.16 Å². The molecule has 0 aliphatic rings. The molecule has 3 heterocycles. The Hall–Kier alpha value is -2.31. The minimum absolute atomic E-state index is 0.0371. The van der Waals surface area contributed by atoms with Gasteiger partial charge < -0.3 is 4.40 Å². The van der Waals surface area contributed by atoms with E-state index in [-0.39, 0.29) is 5.56 Å². The standard InChI is InChI=1S/C17H13ClN4OS/c1-21-16(23)13-4-2-3-5-14(13)20-17(21)24-10-12-9-22-8-11(18)6-7-15(22)19-12/h2-9H,10H2,1H3. The second kappa shape index (κ2) is 5.96. The Bertz CT molecular complexity index is 1120. The summed E-state index contributed by atoms with van der Waals surface area (Å²) in [6.07, 6.45) is 3.76. The van der Waals surface area contributed by atoms with Crippen molar-refractivity contribution < 1.29 is 0 Å². The van der Waals surface area contributed by atoms with E-state index >= 15 is 0 Å². The second-order valence-corrected chi connectivity index (χ2v) is 6.79. The van der Waals surface area contributed by atoms with Crippen molar-refractivity contribution in [2.24, 2.45) is 7.05 Å². The van der Waals surface area contributed by atoms with Crippen molar-refractivity contribution >= 4 is 39.9 Å². The van der Waals surface area contributed by atoms with Crippen molar-refractivity contribution in [3.05, 3.63) is 69.9 Å². The zero-order chi connectivity index (χ0) is 16.7. The van der Waals surface area contributed by atoms with Gasteiger partial charge in [-0.05, 0) is 24.3 Å². The molecule has 0 saturated carbocycles. The summed E-state index contributed by atoms with van der Waals surface area (Å²) in [5, 5.41) is 1.97. The average molecular weight is 357 g/mol. The molecule has 24 heavy (non-hydrogen) atoms. The molecule has 120 valence electrons. The maximum atomic E-state index is 12.4. The number of hydrogen-bond donors (Lipinski definition) is 0. The van der Waals surface area contributed by atoms with Crippen LogP contribution in [0, 0.1) is 0 Å². The smallest absolute Gasteiger partial charge is 0.261 e. The van der Waals surface area contributed by atoms with Crippen LogP contribution in [0.25, 0.3) is 16.6 Å². The first-order valence-electron chi connectivity index (χ1n) is 7.33. The highest BCUT2D eigenvalue weighted by Gasteiger charge is 2.10. The van der Waals surface area contributed by atoms with Crippen LogP contribution in [0.1, 0.15) is 5.69 Å². The van der Waals surface area contributed by atoms with E-state index in [0.717, 1.165) is 11.3 Å². The molecule has 4 aromatic rings. The summed E-state index contributed by atoms with van der Waals surface area (Å²) in [6, 6.07) is 11.1. The lowest BCUT2D eigenvalue weighted by Gasteiger charge is -2.07. The lowest BCUT2D eigenvalue weighted by atomic mass is 10.2. The molecule has 7 heteroatoms. The van der Waals surface area contributed by atoms with E-state index in [1.807, 2.05) is 47.1 Å².